The molecule has 0 spiro atoms. The van der Waals surface area contributed by atoms with Gasteiger partial charge in [-0.1, -0.05) is 0 Å². The van der Waals surface area contributed by atoms with Gasteiger partial charge in [0.15, 0.2) is 5.54 Å². The highest BCUT2D eigenvalue weighted by Gasteiger charge is 2.56. The third-order valence-electron chi connectivity index (χ3n) is 2.27. The summed E-state index contributed by atoms with van der Waals surface area (Å²) in [5.41, 5.74) is 1.78. The number of rotatable bonds is 1. The van der Waals surface area contributed by atoms with E-state index in [1.807, 2.05) is 5.32 Å². The Hall–Kier alpha value is -1.64. The number of carbonyl (C=O) groups excluding carboxylic acids is 3. The topological polar surface area (TPSA) is 92.5 Å². The van der Waals surface area contributed by atoms with Gasteiger partial charge in [-0.25, -0.2) is 0 Å². The summed E-state index contributed by atoms with van der Waals surface area (Å²) in [6.07, 6.45) is -4.96. The molecular formula is C8H10F3N3O3. The lowest BCUT2D eigenvalue weighted by atomic mass is 10.0. The zero-order valence-electron chi connectivity index (χ0n) is 8.80. The Morgan fingerprint density at radius 1 is 1.29 bits per heavy atom. The summed E-state index contributed by atoms with van der Waals surface area (Å²) in [5, 5.41) is 1.86. The summed E-state index contributed by atoms with van der Waals surface area (Å²) in [6.45, 7) is -0.743. The van der Waals surface area contributed by atoms with Crippen molar-refractivity contribution in [3.05, 3.63) is 0 Å². The van der Waals surface area contributed by atoms with E-state index in [1.54, 1.807) is 0 Å². The van der Waals surface area contributed by atoms with Gasteiger partial charge in [-0.15, -0.1) is 0 Å². The number of piperazine rings is 1. The molecule has 9 heteroatoms. The van der Waals surface area contributed by atoms with E-state index in [-0.39, 0.29) is 0 Å². The number of nitrogens with two attached hydrogens (primary N) is 1. The first-order valence-corrected chi connectivity index (χ1v) is 4.53. The second-order valence-corrected chi connectivity index (χ2v) is 3.83. The first kappa shape index (κ1) is 13.4. The smallest absolute Gasteiger partial charge is 0.322 e. The van der Waals surface area contributed by atoms with Crippen molar-refractivity contribution in [2.24, 2.45) is 5.73 Å². The van der Waals surface area contributed by atoms with E-state index < -0.39 is 42.5 Å². The van der Waals surface area contributed by atoms with Crippen LogP contribution in [-0.4, -0.2) is 47.4 Å². The van der Waals surface area contributed by atoms with Gasteiger partial charge in [-0.2, -0.15) is 13.2 Å². The zero-order chi connectivity index (χ0) is 13.4. The quantitative estimate of drug-likeness (QED) is 0.571. The third kappa shape index (κ3) is 2.54. The number of hydrogen-bond donors (Lipinski definition) is 2. The summed E-state index contributed by atoms with van der Waals surface area (Å²) in [5.74, 6) is -3.19. The maximum atomic E-state index is 12.5. The minimum absolute atomic E-state index is 0.481. The second-order valence-electron chi connectivity index (χ2n) is 3.83. The van der Waals surface area contributed by atoms with Crippen LogP contribution in [-0.2, 0) is 14.4 Å². The molecule has 3 amide bonds. The van der Waals surface area contributed by atoms with Crippen LogP contribution in [0.25, 0.3) is 0 Å². The van der Waals surface area contributed by atoms with E-state index in [2.05, 4.69) is 0 Å². The largest absolute Gasteiger partial charge is 0.415 e. The Bertz CT molecular complexity index is 362. The van der Waals surface area contributed by atoms with Crippen LogP contribution in [0.15, 0.2) is 0 Å². The Morgan fingerprint density at radius 2 is 1.71 bits per heavy atom. The molecule has 3 N–H and O–H groups in total. The van der Waals surface area contributed by atoms with E-state index in [4.69, 9.17) is 5.73 Å². The summed E-state index contributed by atoms with van der Waals surface area (Å²) in [7, 11) is 0. The van der Waals surface area contributed by atoms with E-state index in [0.717, 1.165) is 0 Å². The molecule has 0 radical (unpaired) electrons. The number of hydrogen-bond acceptors (Lipinski definition) is 4. The van der Waals surface area contributed by atoms with Crippen LogP contribution < -0.4 is 11.1 Å². The fourth-order valence-electron chi connectivity index (χ4n) is 1.23. The molecule has 1 fully saturated rings. The molecule has 1 rings (SSSR count). The van der Waals surface area contributed by atoms with Crippen molar-refractivity contribution < 1.29 is 27.6 Å². The first-order chi connectivity index (χ1) is 7.55. The second kappa shape index (κ2) is 3.99. The monoisotopic (exact) mass is 253 g/mol. The summed E-state index contributed by atoms with van der Waals surface area (Å²) in [6, 6.07) is 0. The van der Waals surface area contributed by atoms with Gasteiger partial charge in [0.05, 0.1) is 0 Å². The van der Waals surface area contributed by atoms with Crippen molar-refractivity contribution >= 4 is 17.7 Å². The van der Waals surface area contributed by atoms with Crippen molar-refractivity contribution in [2.75, 3.05) is 13.1 Å². The third-order valence-corrected chi connectivity index (χ3v) is 2.27. The minimum Gasteiger partial charge on any atom is -0.322 e. The van der Waals surface area contributed by atoms with Crippen LogP contribution in [0.4, 0.5) is 13.2 Å². The van der Waals surface area contributed by atoms with Crippen molar-refractivity contribution in [3.8, 4) is 0 Å². The molecule has 17 heavy (non-hydrogen) atoms. The van der Waals surface area contributed by atoms with E-state index >= 15 is 0 Å². The predicted molar refractivity (Wildman–Crippen MR) is 48.4 cm³/mol. The van der Waals surface area contributed by atoms with E-state index in [9.17, 15) is 27.6 Å². The number of alkyl halides is 3. The SMILES string of the molecule is CC(N)(C(=O)N1CC(=O)NC(=O)C1)C(F)(F)F. The van der Waals surface area contributed by atoms with Gasteiger partial charge in [0, 0.05) is 0 Å². The van der Waals surface area contributed by atoms with Gasteiger partial charge in [0.1, 0.15) is 13.1 Å². The molecule has 1 atom stereocenters. The average molecular weight is 253 g/mol. The minimum atomic E-state index is -4.96. The highest BCUT2D eigenvalue weighted by atomic mass is 19.4. The molecule has 0 aromatic carbocycles. The Labute approximate surface area is 93.9 Å². The highest BCUT2D eigenvalue weighted by Crippen LogP contribution is 2.29. The van der Waals surface area contributed by atoms with Crippen LogP contribution in [0.3, 0.4) is 0 Å². The average Bonchev–Trinajstić information content (AvgIpc) is 2.13. The number of imide groups is 1. The van der Waals surface area contributed by atoms with Gasteiger partial charge >= 0.3 is 6.18 Å². The summed E-state index contributed by atoms with van der Waals surface area (Å²) >= 11 is 0. The Balaban J connectivity index is 2.90. The molecule has 1 unspecified atom stereocenters. The number of amides is 3. The summed E-state index contributed by atoms with van der Waals surface area (Å²) < 4.78 is 37.4. The predicted octanol–water partition coefficient (Wildman–Crippen LogP) is -1.25. The number of halogens is 3. The molecule has 0 aromatic rings. The van der Waals surface area contributed by atoms with Gasteiger partial charge in [-0.05, 0) is 6.92 Å². The van der Waals surface area contributed by atoms with Crippen molar-refractivity contribution in [1.29, 1.82) is 0 Å². The molecule has 0 aliphatic carbocycles. The Morgan fingerprint density at radius 3 is 2.06 bits per heavy atom. The van der Waals surface area contributed by atoms with Gasteiger partial charge in [-0.3, -0.25) is 19.7 Å². The zero-order valence-corrected chi connectivity index (χ0v) is 8.80. The lowest BCUT2D eigenvalue weighted by Crippen LogP contribution is -2.65. The summed E-state index contributed by atoms with van der Waals surface area (Å²) in [4.78, 5) is 33.8. The van der Waals surface area contributed by atoms with Crippen LogP contribution in [0.5, 0.6) is 0 Å². The van der Waals surface area contributed by atoms with Crippen molar-refractivity contribution in [3.63, 3.8) is 0 Å². The first-order valence-electron chi connectivity index (χ1n) is 4.53. The fraction of sp³-hybridized carbons (Fsp3) is 0.625. The Kier molecular flexibility index (Phi) is 3.15. The molecule has 1 aliphatic heterocycles. The number of carbonyl (C=O) groups is 3. The van der Waals surface area contributed by atoms with Crippen molar-refractivity contribution in [1.82, 2.24) is 10.2 Å². The maximum absolute atomic E-state index is 12.5. The molecule has 96 valence electrons. The molecule has 0 bridgehead atoms. The van der Waals surface area contributed by atoms with E-state index in [0.29, 0.717) is 11.8 Å². The molecule has 6 nitrogen and oxygen atoms in total. The van der Waals surface area contributed by atoms with Crippen LogP contribution in [0.2, 0.25) is 0 Å². The number of nitrogens with one attached hydrogen (secondary N) is 1. The van der Waals surface area contributed by atoms with Crippen LogP contribution >= 0.6 is 0 Å². The van der Waals surface area contributed by atoms with Crippen molar-refractivity contribution in [2.45, 2.75) is 18.6 Å². The molecule has 1 saturated heterocycles. The standard InChI is InChI=1S/C8H10F3N3O3/c1-7(12,8(9,10)11)6(17)14-2-4(15)13-5(16)3-14/h2-3,12H2,1H3,(H,13,15,16). The highest BCUT2D eigenvalue weighted by molar-refractivity contribution is 6.03. The molecule has 0 saturated carbocycles. The number of nitrogens with zero attached hydrogens (tertiary/aromatic N) is 1. The van der Waals surface area contributed by atoms with Gasteiger partial charge < -0.3 is 10.6 Å². The van der Waals surface area contributed by atoms with Crippen LogP contribution in [0, 0.1) is 0 Å². The molecule has 0 aromatic heterocycles. The van der Waals surface area contributed by atoms with E-state index in [1.165, 1.54) is 0 Å². The molecule has 1 aliphatic rings. The van der Waals surface area contributed by atoms with Crippen LogP contribution in [0.1, 0.15) is 6.92 Å². The lowest BCUT2D eigenvalue weighted by molar-refractivity contribution is -0.194. The van der Waals surface area contributed by atoms with Gasteiger partial charge in [0.2, 0.25) is 11.8 Å². The van der Waals surface area contributed by atoms with Gasteiger partial charge in [0.25, 0.3) is 5.91 Å². The molecular weight excluding hydrogens is 243 g/mol. The lowest BCUT2D eigenvalue weighted by Gasteiger charge is -2.33. The fourth-order valence-corrected chi connectivity index (χ4v) is 1.23. The normalized spacial score (nSPS) is 20.9. The maximum Gasteiger partial charge on any atom is 0.415 e. The molecule has 1 heterocycles.